The molecule has 1 heterocycles. The van der Waals surface area contributed by atoms with Gasteiger partial charge in [0.15, 0.2) is 0 Å². The van der Waals surface area contributed by atoms with E-state index in [1.807, 2.05) is 0 Å². The van der Waals surface area contributed by atoms with Gasteiger partial charge in [0.2, 0.25) is 0 Å². The van der Waals surface area contributed by atoms with E-state index < -0.39 is 10.0 Å². The molecule has 5 nitrogen and oxygen atoms in total. The van der Waals surface area contributed by atoms with Crippen LogP contribution in [0.1, 0.15) is 0 Å². The van der Waals surface area contributed by atoms with E-state index in [1.54, 1.807) is 18.2 Å². The Labute approximate surface area is 130 Å². The molecule has 106 valence electrons. The van der Waals surface area contributed by atoms with Crippen molar-refractivity contribution in [2.45, 2.75) is 4.90 Å². The van der Waals surface area contributed by atoms with Gasteiger partial charge in [-0.3, -0.25) is 4.72 Å². The molecule has 8 heteroatoms. The first-order chi connectivity index (χ1) is 9.42. The minimum Gasteiger partial charge on any atom is -0.496 e. The third-order valence-electron chi connectivity index (χ3n) is 2.41. The van der Waals surface area contributed by atoms with Gasteiger partial charge in [-0.15, -0.1) is 0 Å². The summed E-state index contributed by atoms with van der Waals surface area (Å²) < 4.78 is 32.5. The lowest BCUT2D eigenvalue weighted by atomic mass is 10.3. The Balaban J connectivity index is 2.28. The number of hydrogen-bond donors (Lipinski definition) is 1. The summed E-state index contributed by atoms with van der Waals surface area (Å²) in [6.07, 6.45) is 1.20. The summed E-state index contributed by atoms with van der Waals surface area (Å²) in [5.41, 5.74) is 0.410. The van der Waals surface area contributed by atoms with Gasteiger partial charge in [0.25, 0.3) is 10.0 Å². The number of nitrogens with one attached hydrogen (secondary N) is 1. The molecule has 0 amide bonds. The van der Waals surface area contributed by atoms with E-state index in [9.17, 15) is 8.42 Å². The van der Waals surface area contributed by atoms with Gasteiger partial charge in [-0.05, 0) is 46.3 Å². The monoisotopic (exact) mass is 376 g/mol. The molecule has 1 aromatic carbocycles. The topological polar surface area (TPSA) is 68.3 Å². The summed E-state index contributed by atoms with van der Waals surface area (Å²) >= 11 is 8.92. The number of aromatic nitrogens is 1. The standard InChI is InChI=1S/C12H10BrClN2O3S/c1-19-11-4-2-8(6-10(11)13)16-20(17,18)9-3-5-12(14)15-7-9/h2-7,16H,1H3. The smallest absolute Gasteiger partial charge is 0.263 e. The predicted molar refractivity (Wildman–Crippen MR) is 80.7 cm³/mol. The van der Waals surface area contributed by atoms with Crippen LogP contribution in [0.2, 0.25) is 5.15 Å². The molecular weight excluding hydrogens is 368 g/mol. The molecular formula is C12H10BrClN2O3S. The third kappa shape index (κ3) is 3.41. The van der Waals surface area contributed by atoms with Crippen LogP contribution < -0.4 is 9.46 Å². The van der Waals surface area contributed by atoms with Gasteiger partial charge in [-0.1, -0.05) is 11.6 Å². The first kappa shape index (κ1) is 15.1. The zero-order valence-electron chi connectivity index (χ0n) is 10.3. The molecule has 0 saturated heterocycles. The van der Waals surface area contributed by atoms with Crippen LogP contribution in [-0.4, -0.2) is 20.5 Å². The van der Waals surface area contributed by atoms with Crippen molar-refractivity contribution >= 4 is 43.2 Å². The van der Waals surface area contributed by atoms with E-state index >= 15 is 0 Å². The number of rotatable bonds is 4. The first-order valence-corrected chi connectivity index (χ1v) is 8.06. The summed E-state index contributed by atoms with van der Waals surface area (Å²) in [6.45, 7) is 0. The minimum atomic E-state index is -3.70. The number of hydrogen-bond acceptors (Lipinski definition) is 4. The maximum atomic E-state index is 12.1. The summed E-state index contributed by atoms with van der Waals surface area (Å²) in [5, 5.41) is 0.233. The van der Waals surface area contributed by atoms with Gasteiger partial charge in [0, 0.05) is 6.20 Å². The van der Waals surface area contributed by atoms with Crippen molar-refractivity contribution in [2.75, 3.05) is 11.8 Å². The molecule has 2 rings (SSSR count). The number of sulfonamides is 1. The molecule has 0 bridgehead atoms. The molecule has 20 heavy (non-hydrogen) atoms. The fraction of sp³-hybridized carbons (Fsp3) is 0.0833. The molecule has 0 radical (unpaired) electrons. The highest BCUT2D eigenvalue weighted by Gasteiger charge is 2.15. The van der Waals surface area contributed by atoms with Crippen LogP contribution in [0.15, 0.2) is 45.9 Å². The van der Waals surface area contributed by atoms with E-state index in [-0.39, 0.29) is 10.0 Å². The Morgan fingerprint density at radius 2 is 2.05 bits per heavy atom. The van der Waals surface area contributed by atoms with E-state index in [1.165, 1.54) is 25.4 Å². The third-order valence-corrected chi connectivity index (χ3v) is 4.62. The lowest BCUT2D eigenvalue weighted by molar-refractivity contribution is 0.412. The first-order valence-electron chi connectivity index (χ1n) is 5.40. The normalized spacial score (nSPS) is 11.2. The molecule has 0 spiro atoms. The van der Waals surface area contributed by atoms with Crippen molar-refractivity contribution in [1.82, 2.24) is 4.98 Å². The number of methoxy groups -OCH3 is 1. The second-order valence-corrected chi connectivity index (χ2v) is 6.70. The Morgan fingerprint density at radius 3 is 2.60 bits per heavy atom. The lowest BCUT2D eigenvalue weighted by Gasteiger charge is -2.09. The molecule has 0 fully saturated rings. The fourth-order valence-electron chi connectivity index (χ4n) is 1.47. The quantitative estimate of drug-likeness (QED) is 0.830. The van der Waals surface area contributed by atoms with Crippen molar-refractivity contribution in [1.29, 1.82) is 0 Å². The van der Waals surface area contributed by atoms with Crippen LogP contribution in [0, 0.1) is 0 Å². The van der Waals surface area contributed by atoms with Gasteiger partial charge in [0.05, 0.1) is 17.3 Å². The van der Waals surface area contributed by atoms with Gasteiger partial charge in [-0.2, -0.15) is 0 Å². The maximum absolute atomic E-state index is 12.1. The number of pyridine rings is 1. The second kappa shape index (κ2) is 5.99. The molecule has 1 N–H and O–H groups in total. The van der Waals surface area contributed by atoms with Gasteiger partial charge < -0.3 is 4.74 Å². The fourth-order valence-corrected chi connectivity index (χ4v) is 3.11. The van der Waals surface area contributed by atoms with Crippen LogP contribution in [-0.2, 0) is 10.0 Å². The zero-order valence-corrected chi connectivity index (χ0v) is 13.5. The molecule has 0 unspecified atom stereocenters. The average Bonchev–Trinajstić information content (AvgIpc) is 2.39. The molecule has 0 saturated carbocycles. The summed E-state index contributed by atoms with van der Waals surface area (Å²) in [4.78, 5) is 3.78. The second-order valence-electron chi connectivity index (χ2n) is 3.77. The lowest BCUT2D eigenvalue weighted by Crippen LogP contribution is -2.13. The number of halogens is 2. The summed E-state index contributed by atoms with van der Waals surface area (Å²) in [6, 6.07) is 7.67. The summed E-state index contributed by atoms with van der Waals surface area (Å²) in [5.74, 6) is 0.612. The summed E-state index contributed by atoms with van der Waals surface area (Å²) in [7, 11) is -2.17. The largest absolute Gasteiger partial charge is 0.496 e. The van der Waals surface area contributed by atoms with Gasteiger partial charge in [-0.25, -0.2) is 13.4 Å². The Morgan fingerprint density at radius 1 is 1.30 bits per heavy atom. The number of benzene rings is 1. The molecule has 0 aliphatic rings. The number of nitrogens with zero attached hydrogens (tertiary/aromatic N) is 1. The minimum absolute atomic E-state index is 0.0360. The highest BCUT2D eigenvalue weighted by Crippen LogP contribution is 2.28. The molecule has 2 aromatic rings. The molecule has 0 aliphatic heterocycles. The predicted octanol–water partition coefficient (Wildman–Crippen LogP) is 3.31. The van der Waals surface area contributed by atoms with Crippen molar-refractivity contribution in [2.24, 2.45) is 0 Å². The van der Waals surface area contributed by atoms with Crippen LogP contribution in [0.25, 0.3) is 0 Å². The molecule has 1 aromatic heterocycles. The van der Waals surface area contributed by atoms with Gasteiger partial charge in [0.1, 0.15) is 15.8 Å². The van der Waals surface area contributed by atoms with Crippen molar-refractivity contribution < 1.29 is 13.2 Å². The van der Waals surface area contributed by atoms with Crippen LogP contribution >= 0.6 is 27.5 Å². The van der Waals surface area contributed by atoms with E-state index in [2.05, 4.69) is 25.6 Å². The van der Waals surface area contributed by atoms with Crippen LogP contribution in [0.4, 0.5) is 5.69 Å². The van der Waals surface area contributed by atoms with E-state index in [0.29, 0.717) is 15.9 Å². The Bertz CT molecular complexity index is 720. The van der Waals surface area contributed by atoms with E-state index in [4.69, 9.17) is 16.3 Å². The number of anilines is 1. The molecule has 0 aliphatic carbocycles. The average molecular weight is 378 g/mol. The van der Waals surface area contributed by atoms with Crippen LogP contribution in [0.5, 0.6) is 5.75 Å². The highest BCUT2D eigenvalue weighted by molar-refractivity contribution is 9.10. The maximum Gasteiger partial charge on any atom is 0.263 e. The van der Waals surface area contributed by atoms with Crippen molar-refractivity contribution in [3.63, 3.8) is 0 Å². The SMILES string of the molecule is COc1ccc(NS(=O)(=O)c2ccc(Cl)nc2)cc1Br. The number of ether oxygens (including phenoxy) is 1. The van der Waals surface area contributed by atoms with E-state index in [0.717, 1.165) is 0 Å². The molecule has 0 atom stereocenters. The van der Waals surface area contributed by atoms with Crippen LogP contribution in [0.3, 0.4) is 0 Å². The van der Waals surface area contributed by atoms with Gasteiger partial charge >= 0.3 is 0 Å². The van der Waals surface area contributed by atoms with Crippen molar-refractivity contribution in [3.05, 3.63) is 46.2 Å². The zero-order chi connectivity index (χ0) is 14.8. The Hall–Kier alpha value is -1.31. The Kier molecular flexibility index (Phi) is 4.52. The highest BCUT2D eigenvalue weighted by atomic mass is 79.9. The van der Waals surface area contributed by atoms with Crippen molar-refractivity contribution in [3.8, 4) is 5.75 Å².